The van der Waals surface area contributed by atoms with E-state index in [0.29, 0.717) is 6.54 Å². The normalized spacial score (nSPS) is 22.2. The summed E-state index contributed by atoms with van der Waals surface area (Å²) in [6, 6.07) is 0. The number of amides is 1. The van der Waals surface area contributed by atoms with Gasteiger partial charge < -0.3 is 25.2 Å². The Morgan fingerprint density at radius 2 is 2.35 bits per heavy atom. The molecule has 98 valence electrons. The van der Waals surface area contributed by atoms with Gasteiger partial charge in [0.15, 0.2) is 6.10 Å². The Labute approximate surface area is 99.5 Å². The SMILES string of the molecule is COC(CN)CC(=O)N1CCOC(C(=O)O)C1. The third kappa shape index (κ3) is 3.95. The fraction of sp³-hybridized carbons (Fsp3) is 0.800. The maximum atomic E-state index is 11.8. The second-order valence-corrected chi connectivity index (χ2v) is 3.83. The van der Waals surface area contributed by atoms with Crippen LogP contribution in [0.1, 0.15) is 6.42 Å². The molecule has 0 saturated carbocycles. The van der Waals surface area contributed by atoms with E-state index in [4.69, 9.17) is 20.3 Å². The van der Waals surface area contributed by atoms with Crippen molar-refractivity contribution in [2.75, 3.05) is 33.4 Å². The number of carbonyl (C=O) groups excluding carboxylic acids is 1. The van der Waals surface area contributed by atoms with Gasteiger partial charge in [-0.3, -0.25) is 4.79 Å². The fourth-order valence-corrected chi connectivity index (χ4v) is 1.61. The van der Waals surface area contributed by atoms with E-state index in [-0.39, 0.29) is 38.1 Å². The Morgan fingerprint density at radius 1 is 1.65 bits per heavy atom. The van der Waals surface area contributed by atoms with Crippen LogP contribution in [0.15, 0.2) is 0 Å². The zero-order chi connectivity index (χ0) is 12.8. The monoisotopic (exact) mass is 246 g/mol. The zero-order valence-corrected chi connectivity index (χ0v) is 9.80. The number of carbonyl (C=O) groups is 2. The summed E-state index contributed by atoms with van der Waals surface area (Å²) in [5.74, 6) is -1.21. The van der Waals surface area contributed by atoms with Crippen molar-refractivity contribution in [1.29, 1.82) is 0 Å². The highest BCUT2D eigenvalue weighted by atomic mass is 16.5. The van der Waals surface area contributed by atoms with E-state index in [2.05, 4.69) is 0 Å². The van der Waals surface area contributed by atoms with Crippen LogP contribution in [0.3, 0.4) is 0 Å². The van der Waals surface area contributed by atoms with Crippen LogP contribution in [0, 0.1) is 0 Å². The molecule has 1 amide bonds. The molecule has 1 aliphatic heterocycles. The first-order chi connectivity index (χ1) is 8.08. The van der Waals surface area contributed by atoms with Crippen molar-refractivity contribution in [1.82, 2.24) is 4.90 Å². The molecule has 1 heterocycles. The van der Waals surface area contributed by atoms with E-state index in [9.17, 15) is 9.59 Å². The number of nitrogens with two attached hydrogens (primary N) is 1. The molecular weight excluding hydrogens is 228 g/mol. The number of hydrogen-bond donors (Lipinski definition) is 2. The molecule has 2 unspecified atom stereocenters. The van der Waals surface area contributed by atoms with E-state index in [1.54, 1.807) is 0 Å². The van der Waals surface area contributed by atoms with E-state index < -0.39 is 12.1 Å². The Balaban J connectivity index is 2.48. The molecule has 0 radical (unpaired) electrons. The number of hydrogen-bond acceptors (Lipinski definition) is 5. The molecule has 1 aliphatic rings. The summed E-state index contributed by atoms with van der Waals surface area (Å²) in [7, 11) is 1.49. The van der Waals surface area contributed by atoms with E-state index in [1.165, 1.54) is 12.0 Å². The number of morpholine rings is 1. The van der Waals surface area contributed by atoms with Gasteiger partial charge in [-0.1, -0.05) is 0 Å². The molecule has 1 fully saturated rings. The quantitative estimate of drug-likeness (QED) is 0.622. The predicted octanol–water partition coefficient (Wildman–Crippen LogP) is -1.34. The first-order valence-electron chi connectivity index (χ1n) is 5.43. The second kappa shape index (κ2) is 6.53. The van der Waals surface area contributed by atoms with Gasteiger partial charge in [0, 0.05) is 20.2 Å². The summed E-state index contributed by atoms with van der Waals surface area (Å²) in [4.78, 5) is 24.1. The lowest BCUT2D eigenvalue weighted by molar-refractivity contribution is -0.159. The maximum Gasteiger partial charge on any atom is 0.334 e. The Bertz CT molecular complexity index is 280. The van der Waals surface area contributed by atoms with Crippen LogP contribution in [0.25, 0.3) is 0 Å². The third-order valence-corrected chi connectivity index (χ3v) is 2.69. The lowest BCUT2D eigenvalue weighted by Crippen LogP contribution is -2.49. The Kier molecular flexibility index (Phi) is 5.33. The van der Waals surface area contributed by atoms with Crippen LogP contribution in [0.2, 0.25) is 0 Å². The summed E-state index contributed by atoms with van der Waals surface area (Å²) in [5, 5.41) is 8.80. The smallest absolute Gasteiger partial charge is 0.334 e. The molecule has 7 nitrogen and oxygen atoms in total. The van der Waals surface area contributed by atoms with Gasteiger partial charge in [-0.2, -0.15) is 0 Å². The van der Waals surface area contributed by atoms with Crippen LogP contribution in [0.5, 0.6) is 0 Å². The van der Waals surface area contributed by atoms with Gasteiger partial charge in [0.2, 0.25) is 5.91 Å². The average molecular weight is 246 g/mol. The van der Waals surface area contributed by atoms with Gasteiger partial charge in [0.05, 0.1) is 25.7 Å². The van der Waals surface area contributed by atoms with Crippen molar-refractivity contribution in [3.63, 3.8) is 0 Å². The van der Waals surface area contributed by atoms with Crippen LogP contribution in [0.4, 0.5) is 0 Å². The van der Waals surface area contributed by atoms with Gasteiger partial charge in [0.25, 0.3) is 0 Å². The van der Waals surface area contributed by atoms with E-state index >= 15 is 0 Å². The number of ether oxygens (including phenoxy) is 2. The minimum Gasteiger partial charge on any atom is -0.479 e. The standard InChI is InChI=1S/C10H18N2O5/c1-16-7(5-11)4-9(13)12-2-3-17-8(6-12)10(14)15/h7-8H,2-6,11H2,1H3,(H,14,15). The highest BCUT2D eigenvalue weighted by Crippen LogP contribution is 2.09. The average Bonchev–Trinajstić information content (AvgIpc) is 2.35. The molecule has 0 aromatic heterocycles. The molecule has 2 atom stereocenters. The summed E-state index contributed by atoms with van der Waals surface area (Å²) in [5.41, 5.74) is 5.42. The molecule has 0 aliphatic carbocycles. The van der Waals surface area contributed by atoms with Gasteiger partial charge in [-0.15, -0.1) is 0 Å². The van der Waals surface area contributed by atoms with Crippen LogP contribution in [-0.2, 0) is 19.1 Å². The molecule has 7 heteroatoms. The van der Waals surface area contributed by atoms with Crippen LogP contribution >= 0.6 is 0 Å². The van der Waals surface area contributed by atoms with Gasteiger partial charge in [-0.25, -0.2) is 4.79 Å². The number of aliphatic carboxylic acids is 1. The van der Waals surface area contributed by atoms with Crippen molar-refractivity contribution in [2.45, 2.75) is 18.6 Å². The van der Waals surface area contributed by atoms with Crippen LogP contribution in [-0.4, -0.2) is 67.4 Å². The lowest BCUT2D eigenvalue weighted by Gasteiger charge is -2.31. The molecule has 0 spiro atoms. The minimum absolute atomic E-state index is 0.0785. The summed E-state index contributed by atoms with van der Waals surface area (Å²) in [6.07, 6.45) is -1.10. The maximum absolute atomic E-state index is 11.8. The highest BCUT2D eigenvalue weighted by Gasteiger charge is 2.29. The molecule has 3 N–H and O–H groups in total. The number of methoxy groups -OCH3 is 1. The zero-order valence-electron chi connectivity index (χ0n) is 9.80. The van der Waals surface area contributed by atoms with Crippen molar-refractivity contribution in [3.05, 3.63) is 0 Å². The van der Waals surface area contributed by atoms with Gasteiger partial charge >= 0.3 is 5.97 Å². The first-order valence-corrected chi connectivity index (χ1v) is 5.43. The first kappa shape index (κ1) is 13.9. The Hall–Kier alpha value is -1.18. The third-order valence-electron chi connectivity index (χ3n) is 2.69. The molecule has 1 rings (SSSR count). The highest BCUT2D eigenvalue weighted by molar-refractivity contribution is 5.79. The van der Waals surface area contributed by atoms with Crippen molar-refractivity contribution in [3.8, 4) is 0 Å². The van der Waals surface area contributed by atoms with Crippen LogP contribution < -0.4 is 5.73 Å². The van der Waals surface area contributed by atoms with Gasteiger partial charge in [-0.05, 0) is 0 Å². The molecule has 1 saturated heterocycles. The summed E-state index contributed by atoms with van der Waals surface area (Å²) in [6.45, 7) is 0.983. The molecule has 0 aromatic carbocycles. The lowest BCUT2D eigenvalue weighted by atomic mass is 10.2. The largest absolute Gasteiger partial charge is 0.479 e. The molecular formula is C10H18N2O5. The topological polar surface area (TPSA) is 102 Å². The number of nitrogens with zero attached hydrogens (tertiary/aromatic N) is 1. The molecule has 17 heavy (non-hydrogen) atoms. The number of carboxylic acids is 1. The van der Waals surface area contributed by atoms with Crippen molar-refractivity contribution >= 4 is 11.9 Å². The molecule has 0 bridgehead atoms. The number of rotatable bonds is 5. The van der Waals surface area contributed by atoms with E-state index in [1.807, 2.05) is 0 Å². The predicted molar refractivity (Wildman–Crippen MR) is 58.4 cm³/mol. The summed E-state index contributed by atoms with van der Waals surface area (Å²) < 4.78 is 10.0. The molecule has 0 aromatic rings. The fourth-order valence-electron chi connectivity index (χ4n) is 1.61. The van der Waals surface area contributed by atoms with Gasteiger partial charge in [0.1, 0.15) is 0 Å². The minimum atomic E-state index is -1.05. The number of carboxylic acid groups (broad SMARTS) is 1. The second-order valence-electron chi connectivity index (χ2n) is 3.83. The van der Waals surface area contributed by atoms with E-state index in [0.717, 1.165) is 0 Å². The van der Waals surface area contributed by atoms with Crippen molar-refractivity contribution < 1.29 is 24.2 Å². The van der Waals surface area contributed by atoms with Crippen molar-refractivity contribution in [2.24, 2.45) is 5.73 Å². The summed E-state index contributed by atoms with van der Waals surface area (Å²) >= 11 is 0. The Morgan fingerprint density at radius 3 is 2.88 bits per heavy atom.